The molecular formula is C6H9N3S. The number of hydrogen-bond donors (Lipinski definition) is 1. The molecule has 1 aromatic rings. The van der Waals surface area contributed by atoms with Gasteiger partial charge in [0, 0.05) is 24.7 Å². The maximum atomic E-state index is 4.20. The van der Waals surface area contributed by atoms with E-state index in [4.69, 9.17) is 0 Å². The topological polar surface area (TPSA) is 28.2 Å². The lowest BCUT2D eigenvalue weighted by Gasteiger charge is -2.10. The van der Waals surface area contributed by atoms with Crippen molar-refractivity contribution in [3.63, 3.8) is 0 Å². The van der Waals surface area contributed by atoms with E-state index in [-0.39, 0.29) is 0 Å². The average molecular weight is 155 g/mol. The highest BCUT2D eigenvalue weighted by molar-refractivity contribution is 7.13. The molecule has 0 atom stereocenters. The molecule has 2 rings (SSSR count). The van der Waals surface area contributed by atoms with Gasteiger partial charge >= 0.3 is 0 Å². The summed E-state index contributed by atoms with van der Waals surface area (Å²) in [5.41, 5.74) is 0. The second-order valence-corrected chi connectivity index (χ2v) is 3.11. The highest BCUT2D eigenvalue weighted by Crippen LogP contribution is 2.16. The minimum atomic E-state index is 0.952. The SMILES string of the molecule is c1csc(N2CCNC2)n1. The molecular weight excluding hydrogens is 146 g/mol. The minimum Gasteiger partial charge on any atom is -0.334 e. The lowest BCUT2D eigenvalue weighted by molar-refractivity contribution is 0.853. The fraction of sp³-hybridized carbons (Fsp3) is 0.500. The Labute approximate surface area is 63.7 Å². The van der Waals surface area contributed by atoms with Crippen LogP contribution in [0, 0.1) is 0 Å². The Balaban J connectivity index is 2.12. The minimum absolute atomic E-state index is 0.952. The summed E-state index contributed by atoms with van der Waals surface area (Å²) in [6.07, 6.45) is 1.85. The van der Waals surface area contributed by atoms with Crippen LogP contribution in [0.5, 0.6) is 0 Å². The van der Waals surface area contributed by atoms with E-state index >= 15 is 0 Å². The highest BCUT2D eigenvalue weighted by atomic mass is 32.1. The Bertz CT molecular complexity index is 191. The molecule has 0 aromatic carbocycles. The Morgan fingerprint density at radius 1 is 1.70 bits per heavy atom. The summed E-state index contributed by atoms with van der Waals surface area (Å²) in [5.74, 6) is 0. The molecule has 0 spiro atoms. The number of aromatic nitrogens is 1. The van der Waals surface area contributed by atoms with Crippen molar-refractivity contribution in [1.82, 2.24) is 10.3 Å². The number of thiazole rings is 1. The molecule has 1 fully saturated rings. The maximum absolute atomic E-state index is 4.20. The van der Waals surface area contributed by atoms with E-state index in [1.165, 1.54) is 0 Å². The van der Waals surface area contributed by atoms with E-state index < -0.39 is 0 Å². The molecule has 10 heavy (non-hydrogen) atoms. The van der Waals surface area contributed by atoms with Gasteiger partial charge in [-0.1, -0.05) is 0 Å². The molecule has 0 amide bonds. The predicted molar refractivity (Wildman–Crippen MR) is 42.3 cm³/mol. The zero-order chi connectivity index (χ0) is 6.81. The van der Waals surface area contributed by atoms with Crippen molar-refractivity contribution in [3.05, 3.63) is 11.6 Å². The van der Waals surface area contributed by atoms with Gasteiger partial charge in [-0.3, -0.25) is 5.32 Å². The van der Waals surface area contributed by atoms with E-state index in [1.54, 1.807) is 11.3 Å². The summed E-state index contributed by atoms with van der Waals surface area (Å²) in [7, 11) is 0. The van der Waals surface area contributed by atoms with Gasteiger partial charge in [0.15, 0.2) is 5.13 Å². The van der Waals surface area contributed by atoms with Gasteiger partial charge in [0.1, 0.15) is 0 Å². The van der Waals surface area contributed by atoms with Gasteiger partial charge in [0.25, 0.3) is 0 Å². The molecule has 1 aliphatic rings. The maximum Gasteiger partial charge on any atom is 0.186 e. The molecule has 0 saturated carbocycles. The van der Waals surface area contributed by atoms with Crippen molar-refractivity contribution in [1.29, 1.82) is 0 Å². The van der Waals surface area contributed by atoms with Crippen molar-refractivity contribution in [2.24, 2.45) is 0 Å². The number of anilines is 1. The monoisotopic (exact) mass is 155 g/mol. The molecule has 0 bridgehead atoms. The molecule has 0 radical (unpaired) electrons. The summed E-state index contributed by atoms with van der Waals surface area (Å²) < 4.78 is 0. The zero-order valence-corrected chi connectivity index (χ0v) is 6.40. The molecule has 0 aliphatic carbocycles. The van der Waals surface area contributed by atoms with Gasteiger partial charge in [-0.05, 0) is 0 Å². The van der Waals surface area contributed by atoms with Crippen molar-refractivity contribution in [2.75, 3.05) is 24.7 Å². The van der Waals surface area contributed by atoms with Crippen molar-refractivity contribution >= 4 is 16.5 Å². The third-order valence-electron chi connectivity index (χ3n) is 1.55. The lowest BCUT2D eigenvalue weighted by atomic mass is 10.6. The first-order valence-electron chi connectivity index (χ1n) is 3.32. The van der Waals surface area contributed by atoms with Crippen molar-refractivity contribution in [3.8, 4) is 0 Å². The fourth-order valence-electron chi connectivity index (χ4n) is 1.04. The van der Waals surface area contributed by atoms with Crippen LogP contribution in [0.1, 0.15) is 0 Å². The Morgan fingerprint density at radius 2 is 2.70 bits per heavy atom. The second-order valence-electron chi connectivity index (χ2n) is 2.24. The predicted octanol–water partition coefficient (Wildman–Crippen LogP) is 0.510. The molecule has 54 valence electrons. The zero-order valence-electron chi connectivity index (χ0n) is 5.58. The fourth-order valence-corrected chi connectivity index (χ4v) is 1.71. The normalized spacial score (nSPS) is 18.2. The van der Waals surface area contributed by atoms with Crippen LogP contribution in [0.3, 0.4) is 0 Å². The summed E-state index contributed by atoms with van der Waals surface area (Å²) in [4.78, 5) is 6.44. The average Bonchev–Trinajstić information content (AvgIpc) is 2.59. The van der Waals surface area contributed by atoms with Crippen LogP contribution in [-0.4, -0.2) is 24.7 Å². The van der Waals surface area contributed by atoms with Gasteiger partial charge in [-0.2, -0.15) is 0 Å². The number of hydrogen-bond acceptors (Lipinski definition) is 4. The van der Waals surface area contributed by atoms with E-state index in [9.17, 15) is 0 Å². The van der Waals surface area contributed by atoms with Gasteiger partial charge < -0.3 is 4.90 Å². The van der Waals surface area contributed by atoms with Crippen LogP contribution in [0.25, 0.3) is 0 Å². The van der Waals surface area contributed by atoms with Crippen LogP contribution >= 0.6 is 11.3 Å². The standard InChI is InChI=1S/C6H9N3S/c1-3-9(5-7-1)6-8-2-4-10-6/h2,4,7H,1,3,5H2. The van der Waals surface area contributed by atoms with Gasteiger partial charge in [0.05, 0.1) is 6.67 Å². The summed E-state index contributed by atoms with van der Waals surface area (Å²) in [5, 5.41) is 6.39. The largest absolute Gasteiger partial charge is 0.334 e. The molecule has 2 heterocycles. The molecule has 1 N–H and O–H groups in total. The summed E-state index contributed by atoms with van der Waals surface area (Å²) >= 11 is 1.69. The first-order valence-corrected chi connectivity index (χ1v) is 4.20. The lowest BCUT2D eigenvalue weighted by Crippen LogP contribution is -2.20. The Kier molecular flexibility index (Phi) is 1.56. The molecule has 1 aromatic heterocycles. The van der Waals surface area contributed by atoms with Gasteiger partial charge in [-0.15, -0.1) is 11.3 Å². The van der Waals surface area contributed by atoms with Crippen LogP contribution < -0.4 is 10.2 Å². The number of nitrogens with zero attached hydrogens (tertiary/aromatic N) is 2. The van der Waals surface area contributed by atoms with E-state index in [0.717, 1.165) is 24.9 Å². The number of rotatable bonds is 1. The van der Waals surface area contributed by atoms with Crippen LogP contribution in [0.4, 0.5) is 5.13 Å². The Morgan fingerprint density at radius 3 is 3.30 bits per heavy atom. The second kappa shape index (κ2) is 2.56. The van der Waals surface area contributed by atoms with Crippen LogP contribution in [-0.2, 0) is 0 Å². The summed E-state index contributed by atoms with van der Waals surface area (Å²) in [6.45, 7) is 3.13. The van der Waals surface area contributed by atoms with Crippen molar-refractivity contribution in [2.45, 2.75) is 0 Å². The molecule has 3 nitrogen and oxygen atoms in total. The van der Waals surface area contributed by atoms with Crippen LogP contribution in [0.2, 0.25) is 0 Å². The van der Waals surface area contributed by atoms with Gasteiger partial charge in [0.2, 0.25) is 0 Å². The quantitative estimate of drug-likeness (QED) is 0.640. The van der Waals surface area contributed by atoms with Gasteiger partial charge in [-0.25, -0.2) is 4.98 Å². The first-order chi connectivity index (χ1) is 4.97. The molecule has 0 unspecified atom stereocenters. The number of nitrogens with one attached hydrogen (secondary N) is 1. The third-order valence-corrected chi connectivity index (χ3v) is 2.38. The molecule has 1 aliphatic heterocycles. The van der Waals surface area contributed by atoms with Crippen LogP contribution in [0.15, 0.2) is 11.6 Å². The van der Waals surface area contributed by atoms with E-state index in [2.05, 4.69) is 15.2 Å². The highest BCUT2D eigenvalue weighted by Gasteiger charge is 2.12. The molecule has 4 heteroatoms. The third kappa shape index (κ3) is 0.998. The van der Waals surface area contributed by atoms with E-state index in [0.29, 0.717) is 0 Å². The summed E-state index contributed by atoms with van der Waals surface area (Å²) in [6, 6.07) is 0. The van der Waals surface area contributed by atoms with Crippen molar-refractivity contribution < 1.29 is 0 Å². The van der Waals surface area contributed by atoms with E-state index in [1.807, 2.05) is 11.6 Å². The Hall–Kier alpha value is -0.610. The molecule has 1 saturated heterocycles. The first kappa shape index (κ1) is 6.12. The smallest absolute Gasteiger partial charge is 0.186 e.